The number of imide groups is 1. The van der Waals surface area contributed by atoms with Crippen molar-refractivity contribution in [2.75, 3.05) is 46.6 Å². The number of methoxy groups -OCH3 is 1. The normalized spacial score (nSPS) is 34.5. The fraction of sp³-hybridized carbons (Fsp3) is 0.726. The first-order valence-corrected chi connectivity index (χ1v) is 35.8. The lowest BCUT2D eigenvalue weighted by Crippen LogP contribution is -2.61. The second-order valence-electron chi connectivity index (χ2n) is 29.1. The highest BCUT2D eigenvalue weighted by molar-refractivity contribution is 6.12. The van der Waals surface area contributed by atoms with E-state index in [1.54, 1.807) is 31.4 Å². The molecule has 11 aliphatic rings. The van der Waals surface area contributed by atoms with Crippen LogP contribution in [0, 0.1) is 23.7 Å². The summed E-state index contributed by atoms with van der Waals surface area (Å²) >= 11 is 0. The number of carbonyl (C=O) groups excluding carboxylic acids is 8. The van der Waals surface area contributed by atoms with Gasteiger partial charge in [-0.3, -0.25) is 38.5 Å². The molecule has 12 bridgehead atoms. The second kappa shape index (κ2) is 33.4. The summed E-state index contributed by atoms with van der Waals surface area (Å²) in [6, 6.07) is 5.30. The van der Waals surface area contributed by atoms with Crippen molar-refractivity contribution in [2.45, 2.75) is 265 Å². The molecule has 0 aliphatic carbocycles. The summed E-state index contributed by atoms with van der Waals surface area (Å²) in [6.07, 6.45) is 4.61. The first-order valence-electron chi connectivity index (χ1n) is 35.8. The Morgan fingerprint density at radius 3 is 2.20 bits per heavy atom. The van der Waals surface area contributed by atoms with Crippen molar-refractivity contribution in [1.29, 1.82) is 0 Å². The smallest absolute Gasteiger partial charge is 0.312 e. The average Bonchev–Trinajstić information content (AvgIpc) is 1.55. The lowest BCUT2D eigenvalue weighted by atomic mass is 9.81. The minimum atomic E-state index is -0.983. The van der Waals surface area contributed by atoms with Gasteiger partial charge in [-0.25, -0.2) is 4.79 Å². The van der Waals surface area contributed by atoms with Crippen molar-refractivity contribution < 1.29 is 100 Å². The summed E-state index contributed by atoms with van der Waals surface area (Å²) in [5, 5.41) is 17.0. The third kappa shape index (κ3) is 18.3. The van der Waals surface area contributed by atoms with E-state index in [1.807, 2.05) is 13.8 Å². The number of hydrogen-bond acceptors (Lipinski definition) is 21. The monoisotopic (exact) mass is 1370 g/mol. The molecule has 1 spiro atoms. The van der Waals surface area contributed by atoms with Gasteiger partial charge >= 0.3 is 12.0 Å². The Morgan fingerprint density at radius 2 is 1.45 bits per heavy atom. The first-order chi connectivity index (χ1) is 47.1. The van der Waals surface area contributed by atoms with Gasteiger partial charge in [0.2, 0.25) is 5.91 Å². The third-order valence-electron chi connectivity index (χ3n) is 21.7. The minimum absolute atomic E-state index is 0.0104. The van der Waals surface area contributed by atoms with Gasteiger partial charge in [-0.2, -0.15) is 0 Å². The number of benzene rings is 1. The number of rotatable bonds is 29. The summed E-state index contributed by atoms with van der Waals surface area (Å²) in [4.78, 5) is 105. The van der Waals surface area contributed by atoms with Crippen LogP contribution < -0.4 is 16.4 Å². The van der Waals surface area contributed by atoms with E-state index in [9.17, 15) is 43.5 Å². The number of nitrogens with two attached hydrogens (primary N) is 1. The van der Waals surface area contributed by atoms with Crippen LogP contribution in [0.3, 0.4) is 0 Å². The number of ketones is 3. The van der Waals surface area contributed by atoms with Gasteiger partial charge in [0.1, 0.15) is 48.7 Å². The predicted molar refractivity (Wildman–Crippen MR) is 350 cm³/mol. The number of fused-ring (bicyclic) bond motifs is 6. The van der Waals surface area contributed by atoms with Crippen molar-refractivity contribution in [3.63, 3.8) is 0 Å². The number of hydrogen-bond donors (Lipinski definition) is 4. The molecule has 5 unspecified atom stereocenters. The predicted octanol–water partition coefficient (Wildman–Crippen LogP) is 5.63. The van der Waals surface area contributed by atoms with Crippen molar-refractivity contribution in [3.05, 3.63) is 71.8 Å². The molecular formula is C73H102N4O21. The van der Waals surface area contributed by atoms with Gasteiger partial charge in [0, 0.05) is 102 Å². The molecule has 0 saturated carbocycles. The number of aliphatic hydroxyl groups excluding tert-OH is 1. The zero-order chi connectivity index (χ0) is 69.4. The van der Waals surface area contributed by atoms with E-state index in [1.165, 1.54) is 12.2 Å². The maximum atomic E-state index is 14.6. The number of nitrogens with one attached hydrogen (secondary N) is 2. The molecule has 11 aliphatic heterocycles. The standard InChI is InChI=1S/C73H102N4O21/c1-40(2)52(34-47(79)22-26-88-28-29-89-27-25-77-62(82)18-19-63(77)83)71(85)76-54(8-7-24-75-72(74)86)55(81)32-44-9-11-45(12-10-44)39-90-64(84)20-13-46(78)36-60-65(87-6)53-35-48(80)33-50-15-17-57-66(93-50)70-69-68(95-57)67-61(96-69)38-73(97-67,98-70)23-21-51-31-42(4)56(91-51)16-14-49-30-41(3)43(5)58(92-49)37-59(53)94-60/h9-12,18-19,40-41,46,49-54,56-61,65-70,78H,4-5,7-8,13-17,20-39H2,1-3,6H3,(H,76,85)(H3,74,75,86)/t41-,46-,49+,50?,51+,52+,53+,54+,56?,57+,58?,59+,60-,61?,65-,66+,67?,68+,69-,70+,73+/m1/s1. The second-order valence-corrected chi connectivity index (χ2v) is 29.1. The minimum Gasteiger partial charge on any atom is -0.461 e. The molecule has 11 heterocycles. The number of esters is 1. The molecule has 10 fully saturated rings. The molecule has 5 N–H and O–H groups in total. The number of carbonyl (C=O) groups is 8. The van der Waals surface area contributed by atoms with Crippen LogP contribution >= 0.6 is 0 Å². The van der Waals surface area contributed by atoms with Crippen LogP contribution in [-0.2, 0) is 103 Å². The Morgan fingerprint density at radius 1 is 0.745 bits per heavy atom. The summed E-state index contributed by atoms with van der Waals surface area (Å²) in [5.41, 5.74) is 8.63. The molecule has 0 radical (unpaired) electrons. The van der Waals surface area contributed by atoms with Crippen LogP contribution in [0.15, 0.2) is 60.7 Å². The number of amides is 5. The van der Waals surface area contributed by atoms with Crippen LogP contribution in [0.5, 0.6) is 0 Å². The number of Topliss-reactive ketones (excluding diaryl/α,β-unsaturated/α-hetero) is 3. The number of aliphatic hydroxyl groups is 1. The average molecular weight is 1370 g/mol. The maximum absolute atomic E-state index is 14.6. The van der Waals surface area contributed by atoms with E-state index in [4.69, 9.17) is 62.6 Å². The lowest BCUT2D eigenvalue weighted by Gasteiger charge is -2.47. The summed E-state index contributed by atoms with van der Waals surface area (Å²) in [6.45, 7) is 15.6. The highest BCUT2D eigenvalue weighted by Crippen LogP contribution is 2.55. The zero-order valence-electron chi connectivity index (χ0n) is 57.2. The van der Waals surface area contributed by atoms with Crippen molar-refractivity contribution >= 4 is 47.1 Å². The number of primary amides is 1. The Labute approximate surface area is 573 Å². The van der Waals surface area contributed by atoms with Crippen molar-refractivity contribution in [2.24, 2.45) is 29.4 Å². The first kappa shape index (κ1) is 73.5. The molecule has 540 valence electrons. The fourth-order valence-corrected chi connectivity index (χ4v) is 16.3. The number of nitrogens with zero attached hydrogens (tertiary/aromatic N) is 1. The van der Waals surface area contributed by atoms with Crippen molar-refractivity contribution in [1.82, 2.24) is 15.5 Å². The Balaban J connectivity index is 0.658. The van der Waals surface area contributed by atoms with Gasteiger partial charge in [-0.05, 0) is 98.3 Å². The van der Waals surface area contributed by atoms with E-state index < -0.39 is 78.2 Å². The highest BCUT2D eigenvalue weighted by atomic mass is 16.8. The Bertz CT molecular complexity index is 3050. The topological polar surface area (TPSA) is 321 Å². The molecule has 1 aromatic rings. The van der Waals surface area contributed by atoms with Gasteiger partial charge in [-0.15, -0.1) is 0 Å². The molecule has 5 amide bonds. The largest absolute Gasteiger partial charge is 0.461 e. The van der Waals surface area contributed by atoms with Crippen LogP contribution in [0.1, 0.15) is 154 Å². The van der Waals surface area contributed by atoms with Crippen LogP contribution in [-0.4, -0.2) is 213 Å². The molecule has 21 atom stereocenters. The van der Waals surface area contributed by atoms with Gasteiger partial charge in [-0.1, -0.05) is 58.2 Å². The van der Waals surface area contributed by atoms with E-state index >= 15 is 0 Å². The van der Waals surface area contributed by atoms with E-state index in [-0.39, 0.29) is 206 Å². The molecule has 98 heavy (non-hydrogen) atoms. The molecule has 10 saturated heterocycles. The maximum Gasteiger partial charge on any atom is 0.312 e. The van der Waals surface area contributed by atoms with Gasteiger partial charge in [0.05, 0.1) is 106 Å². The molecule has 1 aromatic carbocycles. The fourth-order valence-electron chi connectivity index (χ4n) is 16.3. The quantitative estimate of drug-likeness (QED) is 0.0327. The molecule has 25 heteroatoms. The summed E-state index contributed by atoms with van der Waals surface area (Å²) in [5.74, 6) is -4.31. The van der Waals surface area contributed by atoms with E-state index in [0.29, 0.717) is 49.7 Å². The summed E-state index contributed by atoms with van der Waals surface area (Å²) in [7, 11) is 1.60. The zero-order valence-corrected chi connectivity index (χ0v) is 57.2. The molecule has 25 nitrogen and oxygen atoms in total. The van der Waals surface area contributed by atoms with Crippen LogP contribution in [0.4, 0.5) is 4.79 Å². The molecule has 0 aromatic heterocycles. The van der Waals surface area contributed by atoms with Crippen LogP contribution in [0.2, 0.25) is 0 Å². The Kier molecular flexibility index (Phi) is 25.1. The van der Waals surface area contributed by atoms with Gasteiger partial charge < -0.3 is 78.3 Å². The van der Waals surface area contributed by atoms with E-state index in [0.717, 1.165) is 48.2 Å². The third-order valence-corrected chi connectivity index (χ3v) is 21.7. The highest BCUT2D eigenvalue weighted by Gasteiger charge is 2.69. The number of ether oxygens (including phenoxy) is 12. The Hall–Kier alpha value is -5.68. The molecular weight excluding hydrogens is 1270 g/mol. The van der Waals surface area contributed by atoms with Crippen LogP contribution in [0.25, 0.3) is 0 Å². The molecule has 12 rings (SSSR count). The SMILES string of the molecule is C=C1C[C@@H]2CC[C@@]34CC5O[C@H]6[C@@H](O3)[C@H]3OC(CC[C@@H]3O[C@H]6C5O4)CC(=O)C[C@@H]3[C@@H](OC)[C@@H](C[C@H](O)CCC(=O)OCc4ccc(CC(=O)[C@H](CCCNC(N)=O)NC(=O)[C@@H](CC(=O)CCOCCOCCN5C(=O)C=CC5=O)C(C)C)cc4)O[C@H]3CC3O[C@@H](CCC1O2)C[C@@H](C)C3=C. The number of urea groups is 1. The van der Waals surface area contributed by atoms with Gasteiger partial charge in [0.15, 0.2) is 11.6 Å². The van der Waals surface area contributed by atoms with Gasteiger partial charge in [0.25, 0.3) is 11.8 Å². The van der Waals surface area contributed by atoms with Crippen molar-refractivity contribution in [3.8, 4) is 0 Å². The summed E-state index contributed by atoms with van der Waals surface area (Å²) < 4.78 is 77.6. The lowest BCUT2D eigenvalue weighted by molar-refractivity contribution is -0.292. The van der Waals surface area contributed by atoms with E-state index in [2.05, 4.69) is 30.7 Å².